The van der Waals surface area contributed by atoms with Gasteiger partial charge in [-0.3, -0.25) is 4.79 Å². The second-order valence-electron chi connectivity index (χ2n) is 7.37. The zero-order valence-electron chi connectivity index (χ0n) is 18.3. The minimum Gasteiger partial charge on any atom is -0.493 e. The SMILES string of the molecule is COc1cc(/C=C(\C#N)C(=O)NCc2ccc3c(c2)OCO3)ccc1OCc1ccc(Br)cc1. The smallest absolute Gasteiger partial charge is 0.262 e. The Morgan fingerprint density at radius 2 is 1.82 bits per heavy atom. The van der Waals surface area contributed by atoms with Crippen LogP contribution in [0.25, 0.3) is 6.08 Å². The van der Waals surface area contributed by atoms with Gasteiger partial charge in [0.25, 0.3) is 5.91 Å². The molecule has 0 fully saturated rings. The second kappa shape index (κ2) is 10.8. The molecule has 1 aliphatic rings. The first kappa shape index (κ1) is 23.2. The van der Waals surface area contributed by atoms with Crippen molar-refractivity contribution in [2.24, 2.45) is 0 Å². The molecule has 1 aliphatic heterocycles. The monoisotopic (exact) mass is 520 g/mol. The Labute approximate surface area is 205 Å². The van der Waals surface area contributed by atoms with Crippen molar-refractivity contribution >= 4 is 27.9 Å². The van der Waals surface area contributed by atoms with Crippen LogP contribution in [0.5, 0.6) is 23.0 Å². The summed E-state index contributed by atoms with van der Waals surface area (Å²) in [5.74, 6) is 1.90. The number of nitriles is 1. The van der Waals surface area contributed by atoms with Gasteiger partial charge in [-0.2, -0.15) is 5.26 Å². The molecule has 172 valence electrons. The highest BCUT2D eigenvalue weighted by molar-refractivity contribution is 9.10. The molecule has 7 nitrogen and oxygen atoms in total. The highest BCUT2D eigenvalue weighted by Crippen LogP contribution is 2.32. The summed E-state index contributed by atoms with van der Waals surface area (Å²) in [6.07, 6.45) is 1.51. The zero-order valence-corrected chi connectivity index (χ0v) is 19.9. The van der Waals surface area contributed by atoms with E-state index in [1.54, 1.807) is 37.4 Å². The number of rotatable bonds is 8. The normalized spacial score (nSPS) is 12.1. The topological polar surface area (TPSA) is 89.8 Å². The fourth-order valence-corrected chi connectivity index (χ4v) is 3.54. The summed E-state index contributed by atoms with van der Waals surface area (Å²) in [7, 11) is 1.54. The van der Waals surface area contributed by atoms with E-state index in [9.17, 15) is 10.1 Å². The highest BCUT2D eigenvalue weighted by atomic mass is 79.9. The molecule has 0 aromatic heterocycles. The van der Waals surface area contributed by atoms with Crippen molar-refractivity contribution in [1.29, 1.82) is 5.26 Å². The van der Waals surface area contributed by atoms with E-state index in [-0.39, 0.29) is 18.9 Å². The number of carbonyl (C=O) groups is 1. The van der Waals surface area contributed by atoms with Gasteiger partial charge in [-0.1, -0.05) is 40.2 Å². The molecule has 3 aromatic carbocycles. The molecule has 0 bridgehead atoms. The molecular weight excluding hydrogens is 500 g/mol. The van der Waals surface area contributed by atoms with Crippen molar-refractivity contribution in [2.75, 3.05) is 13.9 Å². The van der Waals surface area contributed by atoms with Crippen molar-refractivity contribution < 1.29 is 23.7 Å². The van der Waals surface area contributed by atoms with Crippen LogP contribution in [0.15, 0.2) is 70.7 Å². The third kappa shape index (κ3) is 5.69. The van der Waals surface area contributed by atoms with Gasteiger partial charge in [0.1, 0.15) is 18.2 Å². The summed E-state index contributed by atoms with van der Waals surface area (Å²) in [4.78, 5) is 12.6. The van der Waals surface area contributed by atoms with Gasteiger partial charge in [-0.05, 0) is 59.2 Å². The molecule has 0 saturated carbocycles. The van der Waals surface area contributed by atoms with E-state index in [2.05, 4.69) is 21.2 Å². The quantitative estimate of drug-likeness (QED) is 0.332. The van der Waals surface area contributed by atoms with Crippen LogP contribution in [-0.4, -0.2) is 19.8 Å². The number of nitrogens with zero attached hydrogens (tertiary/aromatic N) is 1. The first-order chi connectivity index (χ1) is 16.6. The number of carbonyl (C=O) groups excluding carboxylic acids is 1. The lowest BCUT2D eigenvalue weighted by Crippen LogP contribution is -2.23. The Morgan fingerprint density at radius 1 is 1.06 bits per heavy atom. The summed E-state index contributed by atoms with van der Waals surface area (Å²) in [6, 6.07) is 20.5. The van der Waals surface area contributed by atoms with Crippen LogP contribution in [0, 0.1) is 11.3 Å². The maximum Gasteiger partial charge on any atom is 0.262 e. The third-order valence-corrected chi connectivity index (χ3v) is 5.59. The van der Waals surface area contributed by atoms with E-state index >= 15 is 0 Å². The van der Waals surface area contributed by atoms with Gasteiger partial charge in [0.15, 0.2) is 23.0 Å². The lowest BCUT2D eigenvalue weighted by atomic mass is 10.1. The Hall–Kier alpha value is -3.96. The Kier molecular flexibility index (Phi) is 7.35. The molecule has 34 heavy (non-hydrogen) atoms. The van der Waals surface area contributed by atoms with Gasteiger partial charge in [-0.15, -0.1) is 0 Å². The molecule has 0 saturated heterocycles. The average molecular weight is 521 g/mol. The van der Waals surface area contributed by atoms with E-state index in [0.29, 0.717) is 35.2 Å². The number of methoxy groups -OCH3 is 1. The molecule has 0 atom stereocenters. The fourth-order valence-electron chi connectivity index (χ4n) is 3.28. The van der Waals surface area contributed by atoms with E-state index in [1.807, 2.05) is 36.4 Å². The van der Waals surface area contributed by atoms with E-state index in [0.717, 1.165) is 15.6 Å². The van der Waals surface area contributed by atoms with Crippen molar-refractivity contribution in [1.82, 2.24) is 5.32 Å². The lowest BCUT2D eigenvalue weighted by Gasteiger charge is -2.12. The highest BCUT2D eigenvalue weighted by Gasteiger charge is 2.15. The molecule has 0 unspecified atom stereocenters. The first-order valence-corrected chi connectivity index (χ1v) is 11.2. The van der Waals surface area contributed by atoms with Gasteiger partial charge in [0, 0.05) is 11.0 Å². The van der Waals surface area contributed by atoms with Gasteiger partial charge >= 0.3 is 0 Å². The summed E-state index contributed by atoms with van der Waals surface area (Å²) in [5, 5.41) is 12.3. The Morgan fingerprint density at radius 3 is 2.59 bits per heavy atom. The number of fused-ring (bicyclic) bond motifs is 1. The molecule has 3 aromatic rings. The molecule has 4 rings (SSSR count). The van der Waals surface area contributed by atoms with Crippen molar-refractivity contribution in [3.8, 4) is 29.1 Å². The van der Waals surface area contributed by atoms with Gasteiger partial charge in [-0.25, -0.2) is 0 Å². The van der Waals surface area contributed by atoms with Crippen molar-refractivity contribution in [3.63, 3.8) is 0 Å². The van der Waals surface area contributed by atoms with Crippen molar-refractivity contribution in [2.45, 2.75) is 13.2 Å². The van der Waals surface area contributed by atoms with Crippen molar-refractivity contribution in [3.05, 3.63) is 87.4 Å². The molecule has 0 aliphatic carbocycles. The predicted molar refractivity (Wildman–Crippen MR) is 129 cm³/mol. The van der Waals surface area contributed by atoms with Crippen LogP contribution in [0.1, 0.15) is 16.7 Å². The molecule has 8 heteroatoms. The van der Waals surface area contributed by atoms with Crippen LogP contribution >= 0.6 is 15.9 Å². The maximum atomic E-state index is 12.6. The lowest BCUT2D eigenvalue weighted by molar-refractivity contribution is -0.117. The number of hydrogen-bond donors (Lipinski definition) is 1. The maximum absolute atomic E-state index is 12.6. The molecule has 1 amide bonds. The molecule has 1 N–H and O–H groups in total. The Balaban J connectivity index is 1.41. The fraction of sp³-hybridized carbons (Fsp3) is 0.154. The van der Waals surface area contributed by atoms with Crippen LogP contribution < -0.4 is 24.3 Å². The number of halogens is 1. The summed E-state index contributed by atoms with van der Waals surface area (Å²) < 4.78 is 23.0. The van der Waals surface area contributed by atoms with Gasteiger partial charge in [0.05, 0.1) is 7.11 Å². The largest absolute Gasteiger partial charge is 0.493 e. The Bertz CT molecular complexity index is 1270. The number of amides is 1. The van der Waals surface area contributed by atoms with Crippen LogP contribution in [0.4, 0.5) is 0 Å². The van der Waals surface area contributed by atoms with E-state index in [1.165, 1.54) is 6.08 Å². The van der Waals surface area contributed by atoms with Gasteiger partial charge in [0.2, 0.25) is 6.79 Å². The average Bonchev–Trinajstić information content (AvgIpc) is 3.33. The summed E-state index contributed by atoms with van der Waals surface area (Å²) in [6.45, 7) is 0.815. The third-order valence-electron chi connectivity index (χ3n) is 5.06. The molecule has 0 spiro atoms. The van der Waals surface area contributed by atoms with Crippen LogP contribution in [-0.2, 0) is 17.9 Å². The molecular formula is C26H21BrN2O5. The minimum atomic E-state index is -0.477. The summed E-state index contributed by atoms with van der Waals surface area (Å²) in [5.41, 5.74) is 2.47. The first-order valence-electron chi connectivity index (χ1n) is 10.4. The number of benzene rings is 3. The molecule has 1 heterocycles. The summed E-state index contributed by atoms with van der Waals surface area (Å²) >= 11 is 3.41. The van der Waals surface area contributed by atoms with E-state index in [4.69, 9.17) is 18.9 Å². The molecule has 0 radical (unpaired) electrons. The zero-order chi connectivity index (χ0) is 23.9. The predicted octanol–water partition coefficient (Wildman–Crippen LogP) is 4.99. The van der Waals surface area contributed by atoms with Crippen LogP contribution in [0.2, 0.25) is 0 Å². The van der Waals surface area contributed by atoms with E-state index < -0.39 is 5.91 Å². The van der Waals surface area contributed by atoms with Crippen LogP contribution in [0.3, 0.4) is 0 Å². The number of nitrogens with one attached hydrogen (secondary N) is 1. The number of ether oxygens (including phenoxy) is 4. The van der Waals surface area contributed by atoms with Gasteiger partial charge < -0.3 is 24.3 Å². The number of hydrogen-bond acceptors (Lipinski definition) is 6. The minimum absolute atomic E-state index is 0.0219. The second-order valence-corrected chi connectivity index (χ2v) is 8.28. The standard InChI is InChI=1S/C26H21BrN2O5/c1-31-24-11-18(4-8-22(24)32-15-17-2-6-21(27)7-3-17)10-20(13-28)26(30)29-14-19-5-9-23-25(12-19)34-16-33-23/h2-12H,14-16H2,1H3,(H,29,30)/b20-10+.